The number of rotatable bonds is 6. The maximum absolute atomic E-state index is 12.1. The first-order valence-corrected chi connectivity index (χ1v) is 7.79. The highest BCUT2D eigenvalue weighted by molar-refractivity contribution is 6.14. The van der Waals surface area contributed by atoms with Crippen LogP contribution in [0.4, 0.5) is 0 Å². The highest BCUT2D eigenvalue weighted by atomic mass is 16.5. The summed E-state index contributed by atoms with van der Waals surface area (Å²) in [5, 5.41) is 9.80. The lowest BCUT2D eigenvalue weighted by Gasteiger charge is -2.10. The molecule has 0 fully saturated rings. The zero-order valence-corrected chi connectivity index (χ0v) is 15.3. The number of carboxylic acid groups (broad SMARTS) is 1. The number of ether oxygens (including phenoxy) is 4. The van der Waals surface area contributed by atoms with Gasteiger partial charge in [0.15, 0.2) is 0 Å². The van der Waals surface area contributed by atoms with Gasteiger partial charge in [-0.25, -0.2) is 9.59 Å². The Balaban J connectivity index is 2.21. The van der Waals surface area contributed by atoms with Crippen molar-refractivity contribution in [3.63, 3.8) is 0 Å². The molecule has 3 aromatic rings. The summed E-state index contributed by atoms with van der Waals surface area (Å²) >= 11 is 0. The van der Waals surface area contributed by atoms with Crippen LogP contribution in [0.2, 0.25) is 0 Å². The number of carboxylic acids is 1. The van der Waals surface area contributed by atoms with Crippen molar-refractivity contribution in [1.29, 1.82) is 0 Å². The molecule has 11 nitrogen and oxygen atoms in total. The third-order valence-electron chi connectivity index (χ3n) is 3.74. The van der Waals surface area contributed by atoms with Crippen molar-refractivity contribution in [2.45, 2.75) is 6.92 Å². The van der Waals surface area contributed by atoms with Crippen molar-refractivity contribution >= 4 is 22.9 Å². The van der Waals surface area contributed by atoms with Gasteiger partial charge in [0.25, 0.3) is 0 Å². The zero-order valence-electron chi connectivity index (χ0n) is 15.3. The molecular formula is C17H15N3O8. The molecule has 0 saturated carbocycles. The van der Waals surface area contributed by atoms with Gasteiger partial charge >= 0.3 is 30.0 Å². The lowest BCUT2D eigenvalue weighted by atomic mass is 10.0. The quantitative estimate of drug-likeness (QED) is 0.620. The van der Waals surface area contributed by atoms with Crippen LogP contribution >= 0.6 is 0 Å². The Bertz CT molecular complexity index is 1050. The van der Waals surface area contributed by atoms with Crippen molar-refractivity contribution in [3.05, 3.63) is 29.0 Å². The molecule has 0 aliphatic heterocycles. The van der Waals surface area contributed by atoms with Crippen LogP contribution < -0.4 is 14.2 Å². The van der Waals surface area contributed by atoms with Gasteiger partial charge in [-0.1, -0.05) is 0 Å². The van der Waals surface area contributed by atoms with Crippen molar-refractivity contribution in [2.75, 3.05) is 21.3 Å². The number of nitrogens with zero attached hydrogens (tertiary/aromatic N) is 3. The molecule has 0 aliphatic rings. The van der Waals surface area contributed by atoms with Crippen molar-refractivity contribution in [2.24, 2.45) is 0 Å². The van der Waals surface area contributed by atoms with E-state index in [1.165, 1.54) is 40.4 Å². The van der Waals surface area contributed by atoms with E-state index >= 15 is 0 Å². The van der Waals surface area contributed by atoms with Crippen LogP contribution in [0.1, 0.15) is 26.5 Å². The summed E-state index contributed by atoms with van der Waals surface area (Å²) < 4.78 is 25.6. The zero-order chi connectivity index (χ0) is 20.4. The number of methoxy groups -OCH3 is 3. The van der Waals surface area contributed by atoms with Gasteiger partial charge in [-0.3, -0.25) is 0 Å². The standard InChI is InChI=1S/C17H15N3O8/c1-7-10(14(23)24-2)11-8(27-7)5-6-9(12(11)13(21)22)28-17-19-15(25-3)18-16(20-17)26-4/h5-6H,1-4H3,(H,21,22). The van der Waals surface area contributed by atoms with Gasteiger partial charge in [0.2, 0.25) is 0 Å². The second kappa shape index (κ2) is 7.39. The molecule has 28 heavy (non-hydrogen) atoms. The minimum atomic E-state index is -1.35. The van der Waals surface area contributed by atoms with E-state index in [-0.39, 0.29) is 51.6 Å². The Morgan fingerprint density at radius 1 is 0.964 bits per heavy atom. The number of esters is 1. The molecule has 0 aliphatic carbocycles. The Kier molecular flexibility index (Phi) is 4.98. The number of furan rings is 1. The van der Waals surface area contributed by atoms with E-state index in [0.717, 1.165) is 0 Å². The van der Waals surface area contributed by atoms with Crippen LogP contribution in [0.3, 0.4) is 0 Å². The summed E-state index contributed by atoms with van der Waals surface area (Å²) in [4.78, 5) is 35.7. The molecule has 0 amide bonds. The number of fused-ring (bicyclic) bond motifs is 1. The van der Waals surface area contributed by atoms with E-state index in [1.807, 2.05) is 0 Å². The smallest absolute Gasteiger partial charge is 0.342 e. The van der Waals surface area contributed by atoms with Crippen LogP contribution in [0.15, 0.2) is 16.5 Å². The second-order valence-corrected chi connectivity index (χ2v) is 5.34. The van der Waals surface area contributed by atoms with Gasteiger partial charge in [-0.05, 0) is 19.1 Å². The van der Waals surface area contributed by atoms with Crippen LogP contribution in [0, 0.1) is 6.92 Å². The predicted octanol–water partition coefficient (Wildman–Crippen LogP) is 2.22. The number of hydrogen-bond acceptors (Lipinski definition) is 10. The number of carbonyl (C=O) groups is 2. The highest BCUT2D eigenvalue weighted by Crippen LogP contribution is 2.36. The van der Waals surface area contributed by atoms with Crippen molar-refractivity contribution < 1.29 is 38.1 Å². The molecule has 0 unspecified atom stereocenters. The third kappa shape index (κ3) is 3.24. The van der Waals surface area contributed by atoms with Gasteiger partial charge in [0.05, 0.1) is 26.7 Å². The van der Waals surface area contributed by atoms with Crippen LogP contribution in [-0.4, -0.2) is 53.3 Å². The Labute approximate surface area is 157 Å². The number of aromatic carboxylic acids is 1. The van der Waals surface area contributed by atoms with Gasteiger partial charge in [-0.2, -0.15) is 0 Å². The Morgan fingerprint density at radius 2 is 1.57 bits per heavy atom. The van der Waals surface area contributed by atoms with Crippen molar-refractivity contribution in [1.82, 2.24) is 15.0 Å². The monoisotopic (exact) mass is 389 g/mol. The first kappa shape index (κ1) is 18.9. The van der Waals surface area contributed by atoms with Crippen LogP contribution in [0.5, 0.6) is 23.8 Å². The number of hydrogen-bond donors (Lipinski definition) is 1. The fourth-order valence-corrected chi connectivity index (χ4v) is 2.58. The Morgan fingerprint density at radius 3 is 2.11 bits per heavy atom. The number of carbonyl (C=O) groups excluding carboxylic acids is 1. The number of benzene rings is 1. The predicted molar refractivity (Wildman–Crippen MR) is 92.3 cm³/mol. The van der Waals surface area contributed by atoms with E-state index in [9.17, 15) is 14.7 Å². The minimum Gasteiger partial charge on any atom is -0.478 e. The van der Waals surface area contributed by atoms with E-state index in [0.29, 0.717) is 0 Å². The summed E-state index contributed by atoms with van der Waals surface area (Å²) in [5.74, 6) is -2.00. The molecule has 0 spiro atoms. The van der Waals surface area contributed by atoms with Crippen LogP contribution in [0.25, 0.3) is 11.0 Å². The average molecular weight is 389 g/mol. The van der Waals surface area contributed by atoms with Crippen LogP contribution in [-0.2, 0) is 4.74 Å². The maximum atomic E-state index is 12.1. The normalized spacial score (nSPS) is 10.6. The van der Waals surface area contributed by atoms with Gasteiger partial charge in [-0.15, -0.1) is 15.0 Å². The van der Waals surface area contributed by atoms with Gasteiger partial charge in [0.1, 0.15) is 28.2 Å². The molecule has 1 N–H and O–H groups in total. The second-order valence-electron chi connectivity index (χ2n) is 5.34. The van der Waals surface area contributed by atoms with E-state index in [2.05, 4.69) is 15.0 Å². The summed E-state index contributed by atoms with van der Waals surface area (Å²) in [5.41, 5.74) is -0.132. The lowest BCUT2D eigenvalue weighted by Crippen LogP contribution is -2.07. The van der Waals surface area contributed by atoms with E-state index < -0.39 is 11.9 Å². The van der Waals surface area contributed by atoms with E-state index in [4.69, 9.17) is 23.4 Å². The summed E-state index contributed by atoms with van der Waals surface area (Å²) in [6.07, 6.45) is 0. The maximum Gasteiger partial charge on any atom is 0.342 e. The van der Waals surface area contributed by atoms with Gasteiger partial charge in [0, 0.05) is 0 Å². The third-order valence-corrected chi connectivity index (χ3v) is 3.74. The molecule has 0 radical (unpaired) electrons. The molecule has 146 valence electrons. The summed E-state index contributed by atoms with van der Waals surface area (Å²) in [6, 6.07) is 2.39. The molecule has 2 aromatic heterocycles. The molecule has 1 aromatic carbocycles. The topological polar surface area (TPSA) is 143 Å². The molecule has 0 atom stereocenters. The fourth-order valence-electron chi connectivity index (χ4n) is 2.58. The van der Waals surface area contributed by atoms with E-state index in [1.54, 1.807) is 0 Å². The molecular weight excluding hydrogens is 374 g/mol. The number of aromatic nitrogens is 3. The molecule has 0 bridgehead atoms. The van der Waals surface area contributed by atoms with Crippen molar-refractivity contribution in [3.8, 4) is 23.8 Å². The minimum absolute atomic E-state index is 0.00819. The summed E-state index contributed by atoms with van der Waals surface area (Å²) in [7, 11) is 3.86. The van der Waals surface area contributed by atoms with Gasteiger partial charge < -0.3 is 28.5 Å². The fraction of sp³-hybridized carbons (Fsp3) is 0.235. The highest BCUT2D eigenvalue weighted by Gasteiger charge is 2.28. The Hall–Kier alpha value is -3.89. The first-order chi connectivity index (χ1) is 13.4. The molecule has 2 heterocycles. The average Bonchev–Trinajstić information content (AvgIpc) is 3.02. The number of aryl methyl sites for hydroxylation is 1. The molecule has 11 heteroatoms. The molecule has 0 saturated heterocycles. The SMILES string of the molecule is COC(=O)c1c(C)oc2ccc(Oc3nc(OC)nc(OC)n3)c(C(=O)O)c12. The largest absolute Gasteiger partial charge is 0.478 e. The molecule has 3 rings (SSSR count). The first-order valence-electron chi connectivity index (χ1n) is 7.79. The lowest BCUT2D eigenvalue weighted by molar-refractivity contribution is 0.0600. The summed E-state index contributed by atoms with van der Waals surface area (Å²) in [6.45, 7) is 1.53.